The van der Waals surface area contributed by atoms with E-state index in [2.05, 4.69) is 5.32 Å². The number of carbonyl (C=O) groups is 2. The van der Waals surface area contributed by atoms with Crippen molar-refractivity contribution >= 4 is 23.1 Å². The maximum absolute atomic E-state index is 12.3. The third-order valence-corrected chi connectivity index (χ3v) is 3.61. The highest BCUT2D eigenvalue weighted by Gasteiger charge is 2.19. The zero-order valence-corrected chi connectivity index (χ0v) is 14.5. The molecule has 0 unspecified atom stereocenters. The Hall–Kier alpha value is -3.46. The predicted molar refractivity (Wildman–Crippen MR) is 96.3 cm³/mol. The molecule has 0 aliphatic heterocycles. The molecule has 2 aromatic carbocycles. The molecule has 2 aromatic rings. The van der Waals surface area contributed by atoms with E-state index in [4.69, 9.17) is 14.6 Å². The molecule has 0 saturated carbocycles. The number of nitro benzene ring substituents is 1. The Balaban J connectivity index is 2.12. The van der Waals surface area contributed by atoms with Gasteiger partial charge in [-0.25, -0.2) is 4.79 Å². The Morgan fingerprint density at radius 1 is 1.19 bits per heavy atom. The van der Waals surface area contributed by atoms with Crippen LogP contribution in [0.3, 0.4) is 0 Å². The zero-order valence-electron chi connectivity index (χ0n) is 14.5. The number of Topliss-reactive ketones (excluding diaryl/α,β-unsaturated/α-hetero) is 1. The van der Waals surface area contributed by atoms with Gasteiger partial charge in [-0.05, 0) is 30.3 Å². The number of aliphatic hydroxyl groups excluding tert-OH is 1. The molecule has 0 fully saturated rings. The number of rotatable bonds is 9. The van der Waals surface area contributed by atoms with E-state index in [-0.39, 0.29) is 30.1 Å². The molecule has 0 aliphatic carbocycles. The first-order valence-electron chi connectivity index (χ1n) is 7.93. The van der Waals surface area contributed by atoms with Crippen LogP contribution in [0.1, 0.15) is 20.7 Å². The molecule has 142 valence electrons. The quantitative estimate of drug-likeness (QED) is 0.295. The molecule has 0 heterocycles. The molecule has 0 radical (unpaired) electrons. The molecule has 27 heavy (non-hydrogen) atoms. The standard InChI is InChI=1S/C18H18N2O7/c1-26-14-5-2-12(3-6-14)17(22)11-27-18(23)15-10-13(20(24)25)4-7-16(15)19-8-9-21/h2-7,10,19,21H,8-9,11H2,1H3. The lowest BCUT2D eigenvalue weighted by molar-refractivity contribution is -0.384. The first-order valence-corrected chi connectivity index (χ1v) is 7.93. The number of esters is 1. The van der Waals surface area contributed by atoms with Crippen LogP contribution in [0.5, 0.6) is 5.75 Å². The summed E-state index contributed by atoms with van der Waals surface area (Å²) < 4.78 is 10.0. The van der Waals surface area contributed by atoms with Crippen LogP contribution < -0.4 is 10.1 Å². The third kappa shape index (κ3) is 5.25. The Morgan fingerprint density at radius 2 is 1.89 bits per heavy atom. The van der Waals surface area contributed by atoms with Crippen molar-refractivity contribution in [2.45, 2.75) is 0 Å². The highest BCUT2D eigenvalue weighted by atomic mass is 16.6. The molecule has 0 aliphatic rings. The number of hydrogen-bond acceptors (Lipinski definition) is 8. The van der Waals surface area contributed by atoms with Gasteiger partial charge in [-0.1, -0.05) is 0 Å². The van der Waals surface area contributed by atoms with Gasteiger partial charge >= 0.3 is 5.97 Å². The number of anilines is 1. The van der Waals surface area contributed by atoms with Crippen LogP contribution in [0.2, 0.25) is 0 Å². The second-order valence-corrected chi connectivity index (χ2v) is 5.37. The number of nitrogens with zero attached hydrogens (tertiary/aromatic N) is 1. The fourth-order valence-corrected chi connectivity index (χ4v) is 2.23. The number of benzene rings is 2. The van der Waals surface area contributed by atoms with Gasteiger partial charge in [-0.15, -0.1) is 0 Å². The summed E-state index contributed by atoms with van der Waals surface area (Å²) in [5.41, 5.74) is 0.205. The summed E-state index contributed by atoms with van der Waals surface area (Å²) >= 11 is 0. The van der Waals surface area contributed by atoms with E-state index in [9.17, 15) is 19.7 Å². The van der Waals surface area contributed by atoms with E-state index < -0.39 is 23.3 Å². The van der Waals surface area contributed by atoms with Gasteiger partial charge in [0.05, 0.1) is 24.2 Å². The maximum Gasteiger partial charge on any atom is 0.340 e. The van der Waals surface area contributed by atoms with Crippen molar-refractivity contribution in [2.75, 3.05) is 32.2 Å². The molecule has 9 nitrogen and oxygen atoms in total. The minimum atomic E-state index is -0.888. The average molecular weight is 374 g/mol. The number of ketones is 1. The van der Waals surface area contributed by atoms with Gasteiger partial charge in [0.25, 0.3) is 5.69 Å². The fraction of sp³-hybridized carbons (Fsp3) is 0.222. The van der Waals surface area contributed by atoms with Gasteiger partial charge in [0.15, 0.2) is 12.4 Å². The second-order valence-electron chi connectivity index (χ2n) is 5.37. The minimum absolute atomic E-state index is 0.0971. The SMILES string of the molecule is COc1ccc(C(=O)COC(=O)c2cc([N+](=O)[O-])ccc2NCCO)cc1. The third-order valence-electron chi connectivity index (χ3n) is 3.61. The smallest absolute Gasteiger partial charge is 0.340 e. The number of nitrogens with one attached hydrogen (secondary N) is 1. The lowest BCUT2D eigenvalue weighted by atomic mass is 10.1. The molecular formula is C18H18N2O7. The lowest BCUT2D eigenvalue weighted by Gasteiger charge is -2.11. The molecule has 0 atom stereocenters. The van der Waals surface area contributed by atoms with E-state index in [1.54, 1.807) is 12.1 Å². The van der Waals surface area contributed by atoms with Crippen molar-refractivity contribution in [1.82, 2.24) is 0 Å². The number of ether oxygens (including phenoxy) is 2. The molecule has 0 amide bonds. The number of nitro groups is 1. The normalized spacial score (nSPS) is 10.1. The number of non-ortho nitro benzene ring substituents is 1. The summed E-state index contributed by atoms with van der Waals surface area (Å²) in [4.78, 5) is 34.7. The van der Waals surface area contributed by atoms with Crippen LogP contribution in [-0.4, -0.2) is 48.7 Å². The van der Waals surface area contributed by atoms with Gasteiger partial charge in [-0.3, -0.25) is 14.9 Å². The molecule has 9 heteroatoms. The molecule has 2 rings (SSSR count). The summed E-state index contributed by atoms with van der Waals surface area (Å²) in [5.74, 6) is -0.734. The summed E-state index contributed by atoms with van der Waals surface area (Å²) in [6.45, 7) is -0.572. The van der Waals surface area contributed by atoms with Crippen LogP contribution in [0.25, 0.3) is 0 Å². The zero-order chi connectivity index (χ0) is 19.8. The summed E-state index contributed by atoms with van der Waals surface area (Å²) in [6, 6.07) is 9.90. The molecule has 0 saturated heterocycles. The van der Waals surface area contributed by atoms with Crippen LogP contribution in [0, 0.1) is 10.1 Å². The maximum atomic E-state index is 12.3. The number of hydrogen-bond donors (Lipinski definition) is 2. The monoisotopic (exact) mass is 374 g/mol. The summed E-state index contributed by atoms with van der Waals surface area (Å²) in [6.07, 6.45) is 0. The first kappa shape index (κ1) is 19.9. The summed E-state index contributed by atoms with van der Waals surface area (Å²) in [5, 5.41) is 22.6. The van der Waals surface area contributed by atoms with Crippen molar-refractivity contribution in [1.29, 1.82) is 0 Å². The van der Waals surface area contributed by atoms with Crippen LogP contribution >= 0.6 is 0 Å². The molecule has 0 aromatic heterocycles. The van der Waals surface area contributed by atoms with Crippen molar-refractivity contribution < 1.29 is 29.1 Å². The Kier molecular flexibility index (Phi) is 6.84. The van der Waals surface area contributed by atoms with E-state index in [1.807, 2.05) is 0 Å². The van der Waals surface area contributed by atoms with Crippen molar-refractivity contribution in [3.8, 4) is 5.75 Å². The molecular weight excluding hydrogens is 356 g/mol. The predicted octanol–water partition coefficient (Wildman–Crippen LogP) is 2.05. The van der Waals surface area contributed by atoms with Crippen molar-refractivity contribution in [3.05, 3.63) is 63.7 Å². The molecule has 0 bridgehead atoms. The number of carbonyl (C=O) groups excluding carboxylic acids is 2. The second kappa shape index (κ2) is 9.30. The van der Waals surface area contributed by atoms with Gasteiger partial charge in [0.1, 0.15) is 5.75 Å². The Morgan fingerprint density at radius 3 is 2.48 bits per heavy atom. The highest BCUT2D eigenvalue weighted by Crippen LogP contribution is 2.23. The van der Waals surface area contributed by atoms with E-state index in [1.165, 1.54) is 31.4 Å². The number of methoxy groups -OCH3 is 1. The Bertz CT molecular complexity index is 834. The first-order chi connectivity index (χ1) is 13.0. The summed E-state index contributed by atoms with van der Waals surface area (Å²) in [7, 11) is 1.50. The highest BCUT2D eigenvalue weighted by molar-refractivity contribution is 6.01. The van der Waals surface area contributed by atoms with Gasteiger partial charge in [0.2, 0.25) is 0 Å². The van der Waals surface area contributed by atoms with E-state index in [0.717, 1.165) is 6.07 Å². The fourth-order valence-electron chi connectivity index (χ4n) is 2.23. The van der Waals surface area contributed by atoms with Crippen LogP contribution in [0.15, 0.2) is 42.5 Å². The number of aliphatic hydroxyl groups is 1. The van der Waals surface area contributed by atoms with Gasteiger partial charge in [0, 0.05) is 29.9 Å². The minimum Gasteiger partial charge on any atom is -0.497 e. The van der Waals surface area contributed by atoms with Crippen LogP contribution in [-0.2, 0) is 4.74 Å². The largest absolute Gasteiger partial charge is 0.497 e. The van der Waals surface area contributed by atoms with Crippen molar-refractivity contribution in [2.24, 2.45) is 0 Å². The van der Waals surface area contributed by atoms with E-state index in [0.29, 0.717) is 11.3 Å². The molecule has 2 N–H and O–H groups in total. The van der Waals surface area contributed by atoms with E-state index >= 15 is 0 Å². The Labute approximate surface area is 154 Å². The molecule has 0 spiro atoms. The lowest BCUT2D eigenvalue weighted by Crippen LogP contribution is -2.17. The average Bonchev–Trinajstić information content (AvgIpc) is 2.70. The van der Waals surface area contributed by atoms with Gasteiger partial charge in [-0.2, -0.15) is 0 Å². The topological polar surface area (TPSA) is 128 Å². The van der Waals surface area contributed by atoms with Crippen molar-refractivity contribution in [3.63, 3.8) is 0 Å². The van der Waals surface area contributed by atoms with Gasteiger partial charge < -0.3 is 19.9 Å². The van der Waals surface area contributed by atoms with Crippen LogP contribution in [0.4, 0.5) is 11.4 Å².